The molecule has 3 aromatic rings. The molecule has 2 aliphatic rings. The second-order valence-corrected chi connectivity index (χ2v) is 12.1. The number of ether oxygens (including phenoxy) is 2. The lowest BCUT2D eigenvalue weighted by atomic mass is 10.2. The Labute approximate surface area is 192 Å². The Morgan fingerprint density at radius 1 is 0.625 bits per heavy atom. The highest BCUT2D eigenvalue weighted by Crippen LogP contribution is 2.54. The molecule has 5 heteroatoms. The van der Waals surface area contributed by atoms with E-state index in [-0.39, 0.29) is 0 Å². The van der Waals surface area contributed by atoms with Gasteiger partial charge in [0.05, 0.1) is 38.8 Å². The molecule has 4 nitrogen and oxygen atoms in total. The molecular formula is C27H32N2O2P+. The van der Waals surface area contributed by atoms with Crippen LogP contribution in [-0.4, -0.2) is 59.3 Å². The monoisotopic (exact) mass is 447 g/mol. The van der Waals surface area contributed by atoms with Crippen LogP contribution in [0.15, 0.2) is 78.9 Å². The molecule has 0 spiro atoms. The molecule has 0 radical (unpaired) electrons. The largest absolute Gasteiger partial charge is 0.378 e. The number of anilines is 2. The quantitative estimate of drug-likeness (QED) is 0.561. The van der Waals surface area contributed by atoms with Crippen molar-refractivity contribution in [1.29, 1.82) is 0 Å². The van der Waals surface area contributed by atoms with E-state index in [0.717, 1.165) is 52.6 Å². The smallest absolute Gasteiger partial charge is 0.127 e. The summed E-state index contributed by atoms with van der Waals surface area (Å²) in [6, 6.07) is 29.3. The molecule has 0 bridgehead atoms. The third-order valence-corrected chi connectivity index (χ3v) is 10.7. The Bertz CT molecular complexity index is 977. The van der Waals surface area contributed by atoms with Gasteiger partial charge in [-0.3, -0.25) is 0 Å². The zero-order chi connectivity index (χ0) is 21.8. The topological polar surface area (TPSA) is 24.9 Å². The van der Waals surface area contributed by atoms with E-state index in [4.69, 9.17) is 9.47 Å². The molecular weight excluding hydrogens is 415 g/mol. The average Bonchev–Trinajstić information content (AvgIpc) is 2.90. The minimum atomic E-state index is -1.82. The summed E-state index contributed by atoms with van der Waals surface area (Å²) >= 11 is 0. The summed E-state index contributed by atoms with van der Waals surface area (Å²) < 4.78 is 11.3. The third kappa shape index (κ3) is 4.15. The fourth-order valence-electron chi connectivity index (χ4n) is 4.85. The predicted octanol–water partition coefficient (Wildman–Crippen LogP) is 3.28. The molecule has 0 atom stereocenters. The molecule has 0 amide bonds. The maximum absolute atomic E-state index is 5.70. The molecule has 5 rings (SSSR count). The highest BCUT2D eigenvalue weighted by molar-refractivity contribution is 7.95. The van der Waals surface area contributed by atoms with Gasteiger partial charge in [0.15, 0.2) is 0 Å². The fraction of sp³-hybridized carbons (Fsp3) is 0.333. The van der Waals surface area contributed by atoms with Crippen LogP contribution in [-0.2, 0) is 9.47 Å². The molecule has 0 aliphatic carbocycles. The van der Waals surface area contributed by atoms with Gasteiger partial charge < -0.3 is 19.3 Å². The van der Waals surface area contributed by atoms with E-state index in [1.165, 1.54) is 27.3 Å². The lowest BCUT2D eigenvalue weighted by molar-refractivity contribution is 0.122. The normalized spacial score (nSPS) is 17.4. The number of hydrogen-bond acceptors (Lipinski definition) is 4. The van der Waals surface area contributed by atoms with Crippen molar-refractivity contribution >= 4 is 34.6 Å². The first-order valence-electron chi connectivity index (χ1n) is 11.5. The molecule has 0 saturated carbocycles. The first-order valence-corrected chi connectivity index (χ1v) is 13.8. The Morgan fingerprint density at radius 3 is 1.66 bits per heavy atom. The standard InChI is InChI=1S/C27H32N2O2P/c1-32(24-8-4-2-5-9-24,25-10-6-3-7-11-25)27-13-12-23(28-14-18-30-19-15-28)22-26(27)29-16-20-31-21-17-29/h2-13,22H,14-21H2,1H3/q+1. The van der Waals surface area contributed by atoms with Crippen LogP contribution in [0.25, 0.3) is 0 Å². The van der Waals surface area contributed by atoms with Gasteiger partial charge in [-0.25, -0.2) is 0 Å². The van der Waals surface area contributed by atoms with Gasteiger partial charge in [-0.2, -0.15) is 0 Å². The summed E-state index contributed by atoms with van der Waals surface area (Å²) in [5.74, 6) is 0. The maximum Gasteiger partial charge on any atom is 0.127 e. The SMILES string of the molecule is C[P+](c1ccccc1)(c1ccccc1)c1ccc(N2CCOCC2)cc1N1CCOCC1. The van der Waals surface area contributed by atoms with Gasteiger partial charge in [0.1, 0.15) is 23.2 Å². The number of nitrogens with zero attached hydrogens (tertiary/aromatic N) is 2. The number of rotatable bonds is 5. The second kappa shape index (κ2) is 9.62. The van der Waals surface area contributed by atoms with Crippen molar-refractivity contribution in [2.45, 2.75) is 0 Å². The van der Waals surface area contributed by atoms with E-state index in [0.29, 0.717) is 0 Å². The van der Waals surface area contributed by atoms with Gasteiger partial charge in [-0.1, -0.05) is 36.4 Å². The van der Waals surface area contributed by atoms with Crippen LogP contribution < -0.4 is 25.7 Å². The van der Waals surface area contributed by atoms with Crippen molar-refractivity contribution in [2.75, 3.05) is 69.1 Å². The molecule has 2 heterocycles. The Hall–Kier alpha value is -2.39. The number of hydrogen-bond donors (Lipinski definition) is 0. The van der Waals surface area contributed by atoms with Crippen LogP contribution in [0.3, 0.4) is 0 Å². The summed E-state index contributed by atoms with van der Waals surface area (Å²) in [5.41, 5.74) is 2.66. The summed E-state index contributed by atoms with van der Waals surface area (Å²) in [6.45, 7) is 9.41. The zero-order valence-electron chi connectivity index (χ0n) is 18.8. The van der Waals surface area contributed by atoms with Crippen molar-refractivity contribution in [2.24, 2.45) is 0 Å². The molecule has 0 aromatic heterocycles. The lowest BCUT2D eigenvalue weighted by Crippen LogP contribution is -2.42. The van der Waals surface area contributed by atoms with Crippen molar-refractivity contribution in [3.05, 3.63) is 78.9 Å². The van der Waals surface area contributed by atoms with Gasteiger partial charge in [-0.05, 0) is 42.5 Å². The summed E-state index contributed by atoms with van der Waals surface area (Å²) in [7, 11) is -1.82. The summed E-state index contributed by atoms with van der Waals surface area (Å²) in [6.07, 6.45) is 0. The molecule has 2 fully saturated rings. The molecule has 166 valence electrons. The van der Waals surface area contributed by atoms with E-state index >= 15 is 0 Å². The predicted molar refractivity (Wildman–Crippen MR) is 137 cm³/mol. The Kier molecular flexibility index (Phi) is 6.45. The van der Waals surface area contributed by atoms with Gasteiger partial charge >= 0.3 is 0 Å². The van der Waals surface area contributed by atoms with Gasteiger partial charge in [0.25, 0.3) is 0 Å². The van der Waals surface area contributed by atoms with Crippen molar-refractivity contribution in [3.8, 4) is 0 Å². The van der Waals surface area contributed by atoms with E-state index in [2.05, 4.69) is 95.3 Å². The van der Waals surface area contributed by atoms with E-state index in [1.807, 2.05) is 0 Å². The zero-order valence-corrected chi connectivity index (χ0v) is 19.7. The number of benzene rings is 3. The molecule has 2 saturated heterocycles. The van der Waals surface area contributed by atoms with Crippen molar-refractivity contribution < 1.29 is 9.47 Å². The van der Waals surface area contributed by atoms with Crippen LogP contribution in [0.2, 0.25) is 0 Å². The maximum atomic E-state index is 5.70. The fourth-order valence-corrected chi connectivity index (χ4v) is 8.27. The minimum absolute atomic E-state index is 0.785. The first kappa shape index (κ1) is 21.5. The second-order valence-electron chi connectivity index (χ2n) is 8.55. The molecule has 2 aliphatic heterocycles. The van der Waals surface area contributed by atoms with E-state index in [9.17, 15) is 0 Å². The molecule has 0 N–H and O–H groups in total. The highest BCUT2D eigenvalue weighted by atomic mass is 31.2. The van der Waals surface area contributed by atoms with Crippen molar-refractivity contribution in [3.63, 3.8) is 0 Å². The van der Waals surface area contributed by atoms with E-state index < -0.39 is 7.26 Å². The van der Waals surface area contributed by atoms with Crippen LogP contribution >= 0.6 is 7.26 Å². The van der Waals surface area contributed by atoms with Gasteiger partial charge in [0.2, 0.25) is 0 Å². The molecule has 32 heavy (non-hydrogen) atoms. The highest BCUT2D eigenvalue weighted by Gasteiger charge is 2.43. The van der Waals surface area contributed by atoms with E-state index in [1.54, 1.807) is 0 Å². The summed E-state index contributed by atoms with van der Waals surface area (Å²) in [5, 5.41) is 4.29. The van der Waals surface area contributed by atoms with Crippen LogP contribution in [0.4, 0.5) is 11.4 Å². The minimum Gasteiger partial charge on any atom is -0.378 e. The Morgan fingerprint density at radius 2 is 1.12 bits per heavy atom. The van der Waals surface area contributed by atoms with Crippen LogP contribution in [0.5, 0.6) is 0 Å². The van der Waals surface area contributed by atoms with Crippen LogP contribution in [0, 0.1) is 0 Å². The van der Waals surface area contributed by atoms with Gasteiger partial charge in [-0.15, -0.1) is 0 Å². The Balaban J connectivity index is 1.68. The first-order chi connectivity index (χ1) is 15.8. The summed E-state index contributed by atoms with van der Waals surface area (Å²) in [4.78, 5) is 4.99. The molecule has 3 aromatic carbocycles. The van der Waals surface area contributed by atoms with Crippen LogP contribution in [0.1, 0.15) is 0 Å². The van der Waals surface area contributed by atoms with Crippen molar-refractivity contribution in [1.82, 2.24) is 0 Å². The molecule has 0 unspecified atom stereocenters. The number of morpholine rings is 2. The van der Waals surface area contributed by atoms with Gasteiger partial charge in [0, 0.05) is 31.9 Å². The third-order valence-electron chi connectivity index (χ3n) is 6.71. The lowest BCUT2D eigenvalue weighted by Gasteiger charge is -2.35. The average molecular weight is 448 g/mol.